The molecule has 0 saturated heterocycles. The van der Waals surface area contributed by atoms with Crippen molar-refractivity contribution in [3.63, 3.8) is 0 Å². The Morgan fingerprint density at radius 3 is 2.67 bits per heavy atom. The van der Waals surface area contributed by atoms with Gasteiger partial charge in [-0.2, -0.15) is 0 Å². The summed E-state index contributed by atoms with van der Waals surface area (Å²) < 4.78 is 10.5. The van der Waals surface area contributed by atoms with Gasteiger partial charge in [-0.05, 0) is 35.2 Å². The maximum Gasteiger partial charge on any atom is 0.343 e. The van der Waals surface area contributed by atoms with E-state index in [1.165, 1.54) is 37.7 Å². The number of carboxylic acids is 1. The number of nitrogens with one attached hydrogen (secondary N) is 1. The van der Waals surface area contributed by atoms with Gasteiger partial charge >= 0.3 is 5.97 Å². The monoisotopic (exact) mass is 466 g/mol. The lowest BCUT2D eigenvalue weighted by atomic mass is 10.0. The summed E-state index contributed by atoms with van der Waals surface area (Å²) >= 11 is 1.37. The maximum atomic E-state index is 12.0. The number of rotatable bonds is 8. The molecular formula is C22H18N4O6S. The first kappa shape index (κ1) is 22.0. The molecule has 0 spiro atoms. The van der Waals surface area contributed by atoms with E-state index in [9.17, 15) is 20.0 Å². The Kier molecular flexibility index (Phi) is 6.05. The third kappa shape index (κ3) is 4.39. The SMILES string of the molecule is COc1ccc(CNc2cc(-c3ncc4ccsc4n3)c(C(=O)O)c([N+](=O)[O-])c2)cc1OC. The zero-order chi connectivity index (χ0) is 23.5. The van der Waals surface area contributed by atoms with Gasteiger partial charge in [0, 0.05) is 35.4 Å². The normalized spacial score (nSPS) is 10.7. The van der Waals surface area contributed by atoms with Gasteiger partial charge in [-0.15, -0.1) is 11.3 Å². The highest BCUT2D eigenvalue weighted by Gasteiger charge is 2.27. The second kappa shape index (κ2) is 9.09. The van der Waals surface area contributed by atoms with Gasteiger partial charge in [0.1, 0.15) is 10.4 Å². The third-order valence-corrected chi connectivity index (χ3v) is 5.74. The molecule has 0 aliphatic heterocycles. The quantitative estimate of drug-likeness (QED) is 0.282. The van der Waals surface area contributed by atoms with Gasteiger partial charge in [0.15, 0.2) is 17.3 Å². The summed E-state index contributed by atoms with van der Waals surface area (Å²) in [5.41, 5.74) is 0.223. The first-order valence-corrected chi connectivity index (χ1v) is 10.5. The van der Waals surface area contributed by atoms with Crippen LogP contribution in [0.1, 0.15) is 15.9 Å². The summed E-state index contributed by atoms with van der Waals surface area (Å²) in [6.45, 7) is 0.300. The molecule has 2 aromatic heterocycles. The van der Waals surface area contributed by atoms with Crippen LogP contribution in [-0.4, -0.2) is 40.2 Å². The summed E-state index contributed by atoms with van der Waals surface area (Å²) in [4.78, 5) is 32.2. The number of nitrogens with zero attached hydrogens (tertiary/aromatic N) is 3. The molecule has 2 aromatic carbocycles. The molecule has 0 aliphatic rings. The molecule has 0 aliphatic carbocycles. The van der Waals surface area contributed by atoms with Gasteiger partial charge in [0.2, 0.25) is 0 Å². The number of carbonyl (C=O) groups is 1. The molecular weight excluding hydrogens is 448 g/mol. The summed E-state index contributed by atoms with van der Waals surface area (Å²) in [6, 6.07) is 9.89. The van der Waals surface area contributed by atoms with Crippen LogP contribution in [0, 0.1) is 10.1 Å². The van der Waals surface area contributed by atoms with Crippen molar-refractivity contribution in [2.24, 2.45) is 0 Å². The van der Waals surface area contributed by atoms with Crippen molar-refractivity contribution in [3.05, 3.63) is 69.2 Å². The van der Waals surface area contributed by atoms with Crippen LogP contribution in [0.25, 0.3) is 21.6 Å². The van der Waals surface area contributed by atoms with E-state index in [4.69, 9.17) is 9.47 Å². The number of thiophene rings is 1. The molecule has 0 bridgehead atoms. The first-order valence-electron chi connectivity index (χ1n) is 9.62. The van der Waals surface area contributed by atoms with Crippen molar-refractivity contribution < 1.29 is 24.3 Å². The van der Waals surface area contributed by atoms with Crippen LogP contribution < -0.4 is 14.8 Å². The first-order chi connectivity index (χ1) is 15.9. The predicted octanol–water partition coefficient (Wildman–Crippen LogP) is 4.59. The van der Waals surface area contributed by atoms with Crippen LogP contribution >= 0.6 is 11.3 Å². The molecule has 0 radical (unpaired) electrons. The predicted molar refractivity (Wildman–Crippen MR) is 123 cm³/mol. The summed E-state index contributed by atoms with van der Waals surface area (Å²) in [5, 5.41) is 27.2. The second-order valence-electron chi connectivity index (χ2n) is 6.90. The second-order valence-corrected chi connectivity index (χ2v) is 7.79. The molecule has 4 rings (SSSR count). The molecule has 4 aromatic rings. The van der Waals surface area contributed by atoms with E-state index in [2.05, 4.69) is 15.3 Å². The van der Waals surface area contributed by atoms with Crippen molar-refractivity contribution in [2.45, 2.75) is 6.54 Å². The number of ether oxygens (including phenoxy) is 2. The minimum atomic E-state index is -1.43. The van der Waals surface area contributed by atoms with Crippen LogP contribution in [0.3, 0.4) is 0 Å². The Morgan fingerprint density at radius 2 is 1.97 bits per heavy atom. The number of fused-ring (bicyclic) bond motifs is 1. The fourth-order valence-electron chi connectivity index (χ4n) is 3.35. The van der Waals surface area contributed by atoms with Crippen molar-refractivity contribution in [3.8, 4) is 22.9 Å². The van der Waals surface area contributed by atoms with E-state index in [0.29, 0.717) is 28.6 Å². The smallest absolute Gasteiger partial charge is 0.343 e. The maximum absolute atomic E-state index is 12.0. The van der Waals surface area contributed by atoms with E-state index in [0.717, 1.165) is 10.9 Å². The minimum absolute atomic E-state index is 0.0572. The number of nitro benzene ring substituents is 1. The van der Waals surface area contributed by atoms with Crippen molar-refractivity contribution in [2.75, 3.05) is 19.5 Å². The van der Waals surface area contributed by atoms with E-state index < -0.39 is 22.1 Å². The average molecular weight is 466 g/mol. The highest BCUT2D eigenvalue weighted by molar-refractivity contribution is 7.16. The van der Waals surface area contributed by atoms with Gasteiger partial charge in [0.25, 0.3) is 5.69 Å². The molecule has 0 saturated carbocycles. The summed E-state index contributed by atoms with van der Waals surface area (Å²) in [6.07, 6.45) is 1.56. The van der Waals surface area contributed by atoms with Crippen LogP contribution in [0.2, 0.25) is 0 Å². The number of aromatic carboxylic acids is 1. The molecule has 0 amide bonds. The van der Waals surface area contributed by atoms with Gasteiger partial charge < -0.3 is 19.9 Å². The molecule has 10 nitrogen and oxygen atoms in total. The Bertz CT molecular complexity index is 1370. The number of hydrogen-bond donors (Lipinski definition) is 2. The van der Waals surface area contributed by atoms with Crippen molar-refractivity contribution in [1.29, 1.82) is 0 Å². The highest BCUT2D eigenvalue weighted by Crippen LogP contribution is 2.34. The van der Waals surface area contributed by atoms with E-state index in [-0.39, 0.29) is 11.4 Å². The van der Waals surface area contributed by atoms with Crippen molar-refractivity contribution in [1.82, 2.24) is 9.97 Å². The standard InChI is InChI=1S/C22H18N4O6S/c1-31-17-4-3-12(7-18(17)32-2)10-23-14-8-15(19(22(27)28)16(9-14)26(29)30)20-24-11-13-5-6-33-21(13)25-20/h3-9,11,23H,10H2,1-2H3,(H,27,28). The minimum Gasteiger partial charge on any atom is -0.493 e. The molecule has 0 fully saturated rings. The van der Waals surface area contributed by atoms with E-state index >= 15 is 0 Å². The number of methoxy groups -OCH3 is 2. The fraction of sp³-hybridized carbons (Fsp3) is 0.136. The molecule has 11 heteroatoms. The highest BCUT2D eigenvalue weighted by atomic mass is 32.1. The lowest BCUT2D eigenvalue weighted by Crippen LogP contribution is -2.09. The average Bonchev–Trinajstić information content (AvgIpc) is 3.29. The van der Waals surface area contributed by atoms with Gasteiger partial charge in [0.05, 0.1) is 19.1 Å². The number of aromatic nitrogens is 2. The van der Waals surface area contributed by atoms with E-state index in [1.54, 1.807) is 18.3 Å². The Hall–Kier alpha value is -4.25. The van der Waals surface area contributed by atoms with Crippen LogP contribution in [0.4, 0.5) is 11.4 Å². The van der Waals surface area contributed by atoms with Gasteiger partial charge in [-0.1, -0.05) is 6.07 Å². The van der Waals surface area contributed by atoms with E-state index in [1.807, 2.05) is 17.5 Å². The van der Waals surface area contributed by atoms with Crippen LogP contribution in [0.5, 0.6) is 11.5 Å². The van der Waals surface area contributed by atoms with Crippen LogP contribution in [0.15, 0.2) is 48.0 Å². The molecule has 0 atom stereocenters. The van der Waals surface area contributed by atoms with Gasteiger partial charge in [-0.25, -0.2) is 14.8 Å². The lowest BCUT2D eigenvalue weighted by Gasteiger charge is -2.13. The largest absolute Gasteiger partial charge is 0.493 e. The summed E-state index contributed by atoms with van der Waals surface area (Å²) in [5.74, 6) is -0.216. The number of hydrogen-bond acceptors (Lipinski definition) is 9. The number of nitro groups is 1. The number of carboxylic acid groups (broad SMARTS) is 1. The molecule has 2 heterocycles. The zero-order valence-corrected chi connectivity index (χ0v) is 18.4. The molecule has 2 N–H and O–H groups in total. The van der Waals surface area contributed by atoms with Crippen molar-refractivity contribution >= 4 is 38.9 Å². The molecule has 33 heavy (non-hydrogen) atoms. The topological polar surface area (TPSA) is 137 Å². The fourth-order valence-corrected chi connectivity index (χ4v) is 4.09. The molecule has 168 valence electrons. The lowest BCUT2D eigenvalue weighted by molar-refractivity contribution is -0.385. The molecule has 0 unspecified atom stereocenters. The van der Waals surface area contributed by atoms with Gasteiger partial charge in [-0.3, -0.25) is 10.1 Å². The Labute approximate surface area is 191 Å². The third-order valence-electron chi connectivity index (χ3n) is 4.92. The number of benzene rings is 2. The number of anilines is 1. The summed E-state index contributed by atoms with van der Waals surface area (Å²) in [7, 11) is 3.07. The Morgan fingerprint density at radius 1 is 1.18 bits per heavy atom. The zero-order valence-electron chi connectivity index (χ0n) is 17.6. The Balaban J connectivity index is 1.76. The van der Waals surface area contributed by atoms with Crippen LogP contribution in [-0.2, 0) is 6.54 Å².